The predicted octanol–water partition coefficient (Wildman–Crippen LogP) is 2.13. The minimum absolute atomic E-state index is 0.680. The van der Waals surface area contributed by atoms with Gasteiger partial charge in [-0.3, -0.25) is 4.79 Å². The lowest BCUT2D eigenvalue weighted by atomic mass is 9.85. The number of rotatable bonds is 4. The Hall–Kier alpha value is -1.38. The van der Waals surface area contributed by atoms with Crippen molar-refractivity contribution >= 4 is 12.1 Å². The van der Waals surface area contributed by atoms with Crippen LogP contribution in [0.1, 0.15) is 29.6 Å². The van der Waals surface area contributed by atoms with Gasteiger partial charge in [-0.25, -0.2) is 4.98 Å². The number of hydrogen-bond donors (Lipinski definition) is 0. The second kappa shape index (κ2) is 4.43. The molecule has 0 saturated heterocycles. The molecule has 0 amide bonds. The molecule has 0 N–H and O–H groups in total. The Morgan fingerprint density at radius 2 is 2.40 bits per heavy atom. The highest BCUT2D eigenvalue weighted by Crippen LogP contribution is 2.28. The van der Waals surface area contributed by atoms with Crippen molar-refractivity contribution in [2.24, 2.45) is 5.92 Å². The van der Waals surface area contributed by atoms with E-state index >= 15 is 0 Å². The fourth-order valence-electron chi connectivity index (χ4n) is 1.97. The summed E-state index contributed by atoms with van der Waals surface area (Å²) in [7, 11) is 2.01. The van der Waals surface area contributed by atoms with Crippen molar-refractivity contribution in [3.05, 3.63) is 23.9 Å². The number of aromatic nitrogens is 1. The lowest BCUT2D eigenvalue weighted by Crippen LogP contribution is -2.30. The molecule has 1 aromatic rings. The summed E-state index contributed by atoms with van der Waals surface area (Å²) >= 11 is 0. The first-order valence-corrected chi connectivity index (χ1v) is 5.42. The molecular weight excluding hydrogens is 188 g/mol. The van der Waals surface area contributed by atoms with Crippen LogP contribution in [0.5, 0.6) is 0 Å². The number of anilines is 1. The van der Waals surface area contributed by atoms with E-state index in [-0.39, 0.29) is 0 Å². The Bertz CT molecular complexity index is 347. The zero-order valence-electron chi connectivity index (χ0n) is 9.02. The zero-order chi connectivity index (χ0) is 10.7. The maximum absolute atomic E-state index is 10.8. The van der Waals surface area contributed by atoms with Crippen LogP contribution in [-0.4, -0.2) is 24.9 Å². The van der Waals surface area contributed by atoms with Gasteiger partial charge in [0, 0.05) is 19.8 Å². The Balaban J connectivity index is 2.09. The Labute approximate surface area is 90.1 Å². The molecule has 1 heterocycles. The molecule has 0 atom stereocenters. The maximum atomic E-state index is 10.8. The van der Waals surface area contributed by atoms with E-state index in [1.54, 1.807) is 12.3 Å². The van der Waals surface area contributed by atoms with Gasteiger partial charge >= 0.3 is 0 Å². The van der Waals surface area contributed by atoms with E-state index in [4.69, 9.17) is 0 Å². The smallest absolute Gasteiger partial charge is 0.153 e. The second-order valence-electron chi connectivity index (χ2n) is 4.21. The third-order valence-electron chi connectivity index (χ3n) is 3.06. The van der Waals surface area contributed by atoms with E-state index in [0.29, 0.717) is 5.56 Å². The normalized spacial score (nSPS) is 15.8. The van der Waals surface area contributed by atoms with Crippen LogP contribution in [0.25, 0.3) is 0 Å². The molecule has 1 aromatic heterocycles. The summed E-state index contributed by atoms with van der Waals surface area (Å²) in [6, 6.07) is 3.61. The molecule has 3 heteroatoms. The van der Waals surface area contributed by atoms with Gasteiger partial charge in [0.05, 0.1) is 5.56 Å². The first-order chi connectivity index (χ1) is 7.31. The van der Waals surface area contributed by atoms with Gasteiger partial charge in [-0.1, -0.05) is 6.42 Å². The number of carbonyl (C=O) groups is 1. The molecule has 2 rings (SSSR count). The molecule has 80 valence electrons. The summed E-state index contributed by atoms with van der Waals surface area (Å²) in [5.74, 6) is 1.59. The molecule has 0 unspecified atom stereocenters. The number of aldehydes is 1. The van der Waals surface area contributed by atoms with E-state index in [1.807, 2.05) is 13.1 Å². The van der Waals surface area contributed by atoms with Gasteiger partial charge in [0.15, 0.2) is 6.29 Å². The van der Waals surface area contributed by atoms with E-state index in [9.17, 15) is 4.79 Å². The van der Waals surface area contributed by atoms with Crippen LogP contribution >= 0.6 is 0 Å². The fraction of sp³-hybridized carbons (Fsp3) is 0.500. The van der Waals surface area contributed by atoms with E-state index in [1.165, 1.54) is 19.3 Å². The van der Waals surface area contributed by atoms with Crippen molar-refractivity contribution in [2.75, 3.05) is 18.5 Å². The molecule has 0 radical (unpaired) electrons. The minimum Gasteiger partial charge on any atom is -0.359 e. The van der Waals surface area contributed by atoms with Crippen molar-refractivity contribution in [3.8, 4) is 0 Å². The number of carbonyl (C=O) groups excluding carboxylic acids is 1. The lowest BCUT2D eigenvalue weighted by molar-refractivity contribution is 0.112. The molecular formula is C12H16N2O. The lowest BCUT2D eigenvalue weighted by Gasteiger charge is -2.31. The number of nitrogens with zero attached hydrogens (tertiary/aromatic N) is 2. The molecule has 15 heavy (non-hydrogen) atoms. The quantitative estimate of drug-likeness (QED) is 0.704. The summed E-state index contributed by atoms with van der Waals surface area (Å²) < 4.78 is 0. The Morgan fingerprint density at radius 1 is 1.60 bits per heavy atom. The minimum atomic E-state index is 0.680. The van der Waals surface area contributed by atoms with Gasteiger partial charge in [0.1, 0.15) is 5.82 Å². The van der Waals surface area contributed by atoms with Gasteiger partial charge in [-0.15, -0.1) is 0 Å². The van der Waals surface area contributed by atoms with Gasteiger partial charge in [-0.05, 0) is 30.9 Å². The standard InChI is InChI=1S/C12H16N2O/c1-14(8-10-4-2-5-10)12-11(9-15)6-3-7-13-12/h3,6-7,9-10H,2,4-5,8H2,1H3. The summed E-state index contributed by atoms with van der Waals surface area (Å²) in [4.78, 5) is 17.2. The van der Waals surface area contributed by atoms with Crippen LogP contribution < -0.4 is 4.90 Å². The summed E-state index contributed by atoms with van der Waals surface area (Å²) in [5.41, 5.74) is 0.680. The van der Waals surface area contributed by atoms with Crippen LogP contribution in [0.3, 0.4) is 0 Å². The molecule has 1 fully saturated rings. The fourth-order valence-corrected chi connectivity index (χ4v) is 1.97. The largest absolute Gasteiger partial charge is 0.359 e. The summed E-state index contributed by atoms with van der Waals surface area (Å²) in [5, 5.41) is 0. The van der Waals surface area contributed by atoms with Crippen LogP contribution in [-0.2, 0) is 0 Å². The topological polar surface area (TPSA) is 33.2 Å². The van der Waals surface area contributed by atoms with Crippen LogP contribution in [0, 0.1) is 5.92 Å². The predicted molar refractivity (Wildman–Crippen MR) is 60.2 cm³/mol. The summed E-state index contributed by atoms with van der Waals surface area (Å²) in [6.07, 6.45) is 6.58. The molecule has 1 aliphatic carbocycles. The average molecular weight is 204 g/mol. The van der Waals surface area contributed by atoms with Crippen LogP contribution in [0.4, 0.5) is 5.82 Å². The van der Waals surface area contributed by atoms with Crippen molar-refractivity contribution in [1.82, 2.24) is 4.98 Å². The third kappa shape index (κ3) is 2.17. The van der Waals surface area contributed by atoms with Crippen LogP contribution in [0.2, 0.25) is 0 Å². The van der Waals surface area contributed by atoms with Crippen LogP contribution in [0.15, 0.2) is 18.3 Å². The monoisotopic (exact) mass is 204 g/mol. The highest BCUT2D eigenvalue weighted by Gasteiger charge is 2.20. The van der Waals surface area contributed by atoms with Crippen molar-refractivity contribution < 1.29 is 4.79 Å². The Kier molecular flexibility index (Phi) is 2.99. The van der Waals surface area contributed by atoms with Crippen molar-refractivity contribution in [2.45, 2.75) is 19.3 Å². The Morgan fingerprint density at radius 3 is 3.00 bits per heavy atom. The van der Waals surface area contributed by atoms with Gasteiger partial charge in [0.2, 0.25) is 0 Å². The molecule has 0 aromatic carbocycles. The number of pyridine rings is 1. The highest BCUT2D eigenvalue weighted by atomic mass is 16.1. The molecule has 1 saturated carbocycles. The highest BCUT2D eigenvalue weighted by molar-refractivity contribution is 5.82. The molecule has 1 aliphatic rings. The molecule has 0 spiro atoms. The number of hydrogen-bond acceptors (Lipinski definition) is 3. The van der Waals surface area contributed by atoms with Crippen molar-refractivity contribution in [3.63, 3.8) is 0 Å². The third-order valence-corrected chi connectivity index (χ3v) is 3.06. The summed E-state index contributed by atoms with van der Waals surface area (Å²) in [6.45, 7) is 1.01. The van der Waals surface area contributed by atoms with Crippen molar-refractivity contribution in [1.29, 1.82) is 0 Å². The molecule has 3 nitrogen and oxygen atoms in total. The average Bonchev–Trinajstić information content (AvgIpc) is 2.23. The first kappa shape index (κ1) is 10.1. The van der Waals surface area contributed by atoms with Gasteiger partial charge < -0.3 is 4.90 Å². The van der Waals surface area contributed by atoms with Gasteiger partial charge in [-0.2, -0.15) is 0 Å². The van der Waals surface area contributed by atoms with Gasteiger partial charge in [0.25, 0.3) is 0 Å². The molecule has 0 aliphatic heterocycles. The molecule has 0 bridgehead atoms. The first-order valence-electron chi connectivity index (χ1n) is 5.42. The van der Waals surface area contributed by atoms with E-state index in [0.717, 1.165) is 24.6 Å². The van der Waals surface area contributed by atoms with E-state index < -0.39 is 0 Å². The second-order valence-corrected chi connectivity index (χ2v) is 4.21. The van der Waals surface area contributed by atoms with E-state index in [2.05, 4.69) is 9.88 Å². The zero-order valence-corrected chi connectivity index (χ0v) is 9.02. The SMILES string of the molecule is CN(CC1CCC1)c1ncccc1C=O. The maximum Gasteiger partial charge on any atom is 0.153 e.